The molecule has 3 aromatic rings. The second-order valence-corrected chi connectivity index (χ2v) is 5.59. The van der Waals surface area contributed by atoms with Gasteiger partial charge in [-0.2, -0.15) is 0 Å². The number of aryl methyl sites for hydroxylation is 1. The average Bonchev–Trinajstić information content (AvgIpc) is 2.97. The molecular weight excluding hydrogens is 250 g/mol. The van der Waals surface area contributed by atoms with Crippen LogP contribution in [0.4, 0.5) is 0 Å². The first-order valence-corrected chi connectivity index (χ1v) is 7.29. The van der Waals surface area contributed by atoms with Crippen LogP contribution in [-0.2, 0) is 6.42 Å². The smallest absolute Gasteiger partial charge is 0.0802 e. The minimum atomic E-state index is 1.06. The van der Waals surface area contributed by atoms with Crippen LogP contribution in [-0.4, -0.2) is 4.98 Å². The van der Waals surface area contributed by atoms with Gasteiger partial charge in [0, 0.05) is 16.6 Å². The third-order valence-electron chi connectivity index (χ3n) is 3.13. The molecule has 94 valence electrons. The van der Waals surface area contributed by atoms with Gasteiger partial charge in [0.15, 0.2) is 0 Å². The monoisotopic (exact) mass is 265 g/mol. The highest BCUT2D eigenvalue weighted by molar-refractivity contribution is 7.15. The molecule has 2 heterocycles. The summed E-state index contributed by atoms with van der Waals surface area (Å²) in [6.45, 7) is 2.18. The van der Waals surface area contributed by atoms with Crippen molar-refractivity contribution >= 4 is 11.3 Å². The Morgan fingerprint density at radius 3 is 2.37 bits per heavy atom. The first-order chi connectivity index (χ1) is 9.36. The highest BCUT2D eigenvalue weighted by atomic mass is 32.1. The Kier molecular flexibility index (Phi) is 3.43. The van der Waals surface area contributed by atoms with Crippen molar-refractivity contribution in [3.05, 3.63) is 65.7 Å². The number of benzene rings is 1. The predicted octanol–water partition coefficient (Wildman–Crippen LogP) is 5.04. The Morgan fingerprint density at radius 2 is 1.74 bits per heavy atom. The maximum atomic E-state index is 4.58. The summed E-state index contributed by atoms with van der Waals surface area (Å²) in [7, 11) is 0. The number of hydrogen-bond acceptors (Lipinski definition) is 2. The molecule has 2 heteroatoms. The molecule has 0 atom stereocenters. The van der Waals surface area contributed by atoms with Crippen molar-refractivity contribution < 1.29 is 0 Å². The Labute approximate surface area is 117 Å². The molecule has 1 aromatic carbocycles. The van der Waals surface area contributed by atoms with E-state index in [0.717, 1.165) is 17.7 Å². The van der Waals surface area contributed by atoms with Gasteiger partial charge in [-0.25, -0.2) is 0 Å². The van der Waals surface area contributed by atoms with Gasteiger partial charge in [-0.05, 0) is 30.2 Å². The maximum absolute atomic E-state index is 4.58. The van der Waals surface area contributed by atoms with Crippen molar-refractivity contribution in [2.45, 2.75) is 13.3 Å². The minimum Gasteiger partial charge on any atom is -0.255 e. The number of nitrogens with zero attached hydrogens (tertiary/aromatic N) is 1. The fourth-order valence-corrected chi connectivity index (χ4v) is 2.97. The molecule has 0 saturated heterocycles. The van der Waals surface area contributed by atoms with E-state index in [1.165, 1.54) is 15.3 Å². The molecular formula is C17H15NS. The molecule has 0 radical (unpaired) electrons. The van der Waals surface area contributed by atoms with Crippen molar-refractivity contribution in [1.82, 2.24) is 4.98 Å². The third-order valence-corrected chi connectivity index (χ3v) is 4.39. The van der Waals surface area contributed by atoms with Crippen molar-refractivity contribution in [1.29, 1.82) is 0 Å². The van der Waals surface area contributed by atoms with E-state index in [4.69, 9.17) is 0 Å². The van der Waals surface area contributed by atoms with Crippen molar-refractivity contribution in [2.75, 3.05) is 0 Å². The lowest BCUT2D eigenvalue weighted by atomic mass is 10.1. The Morgan fingerprint density at radius 1 is 0.895 bits per heavy atom. The van der Waals surface area contributed by atoms with Gasteiger partial charge in [-0.1, -0.05) is 43.3 Å². The molecule has 0 fully saturated rings. The Bertz CT molecular complexity index is 653. The summed E-state index contributed by atoms with van der Waals surface area (Å²) < 4.78 is 0. The zero-order valence-electron chi connectivity index (χ0n) is 10.8. The van der Waals surface area contributed by atoms with E-state index >= 15 is 0 Å². The molecule has 0 saturated carbocycles. The maximum Gasteiger partial charge on any atom is 0.0802 e. The lowest BCUT2D eigenvalue weighted by Gasteiger charge is -2.02. The van der Waals surface area contributed by atoms with Crippen LogP contribution in [0.5, 0.6) is 0 Å². The molecule has 0 N–H and O–H groups in total. The molecule has 0 unspecified atom stereocenters. The molecule has 0 aliphatic heterocycles. The summed E-state index contributed by atoms with van der Waals surface area (Å²) in [5.74, 6) is 0. The summed E-state index contributed by atoms with van der Waals surface area (Å²) in [6, 6.07) is 18.9. The summed E-state index contributed by atoms with van der Waals surface area (Å²) in [5, 5.41) is 0. The van der Waals surface area contributed by atoms with Crippen LogP contribution in [0, 0.1) is 0 Å². The lowest BCUT2D eigenvalue weighted by molar-refractivity contribution is 1.19. The van der Waals surface area contributed by atoms with Crippen LogP contribution >= 0.6 is 11.3 Å². The zero-order chi connectivity index (χ0) is 13.1. The van der Waals surface area contributed by atoms with Gasteiger partial charge in [0.05, 0.1) is 10.6 Å². The number of hydrogen-bond donors (Lipinski definition) is 0. The molecule has 0 aliphatic carbocycles. The first-order valence-electron chi connectivity index (χ1n) is 6.47. The third kappa shape index (κ3) is 2.59. The van der Waals surface area contributed by atoms with Crippen molar-refractivity contribution in [2.24, 2.45) is 0 Å². The minimum absolute atomic E-state index is 1.06. The molecule has 0 amide bonds. The molecule has 0 aliphatic rings. The molecule has 3 rings (SSSR count). The second kappa shape index (κ2) is 5.37. The van der Waals surface area contributed by atoms with Crippen LogP contribution in [0.2, 0.25) is 0 Å². The van der Waals surface area contributed by atoms with E-state index in [1.807, 2.05) is 23.6 Å². The predicted molar refractivity (Wildman–Crippen MR) is 82.4 cm³/mol. The van der Waals surface area contributed by atoms with E-state index < -0.39 is 0 Å². The molecule has 0 spiro atoms. The highest BCUT2D eigenvalue weighted by Crippen LogP contribution is 2.28. The van der Waals surface area contributed by atoms with E-state index in [0.29, 0.717) is 0 Å². The van der Waals surface area contributed by atoms with Crippen LogP contribution in [0.1, 0.15) is 11.8 Å². The van der Waals surface area contributed by atoms with Gasteiger partial charge in [0.25, 0.3) is 0 Å². The first kappa shape index (κ1) is 12.1. The Balaban J connectivity index is 1.90. The van der Waals surface area contributed by atoms with Crippen LogP contribution in [0.15, 0.2) is 60.8 Å². The van der Waals surface area contributed by atoms with E-state index in [1.54, 1.807) is 0 Å². The fourth-order valence-electron chi connectivity index (χ4n) is 2.05. The Hall–Kier alpha value is -1.93. The normalized spacial score (nSPS) is 10.6. The number of aromatic nitrogens is 1. The standard InChI is InChI=1S/C17H15NS/c1-2-15-9-11-17(19-15)16-10-8-14(12-18-16)13-6-4-3-5-7-13/h3-12H,2H2,1H3. The quantitative estimate of drug-likeness (QED) is 0.646. The van der Waals surface area contributed by atoms with E-state index in [2.05, 4.69) is 60.4 Å². The van der Waals surface area contributed by atoms with Crippen LogP contribution in [0.25, 0.3) is 21.7 Å². The van der Waals surface area contributed by atoms with Gasteiger partial charge >= 0.3 is 0 Å². The topological polar surface area (TPSA) is 12.9 Å². The van der Waals surface area contributed by atoms with Gasteiger partial charge in [0.2, 0.25) is 0 Å². The second-order valence-electron chi connectivity index (χ2n) is 4.42. The molecule has 0 bridgehead atoms. The summed E-state index contributed by atoms with van der Waals surface area (Å²) >= 11 is 1.83. The van der Waals surface area contributed by atoms with Crippen molar-refractivity contribution in [3.8, 4) is 21.7 Å². The molecule has 19 heavy (non-hydrogen) atoms. The zero-order valence-corrected chi connectivity index (χ0v) is 11.7. The SMILES string of the molecule is CCc1ccc(-c2ccc(-c3ccccc3)cn2)s1. The number of pyridine rings is 1. The summed E-state index contributed by atoms with van der Waals surface area (Å²) in [4.78, 5) is 7.24. The average molecular weight is 265 g/mol. The van der Waals surface area contributed by atoms with Gasteiger partial charge in [-0.3, -0.25) is 4.98 Å². The lowest BCUT2D eigenvalue weighted by Crippen LogP contribution is -1.82. The highest BCUT2D eigenvalue weighted by Gasteiger charge is 2.04. The summed E-state index contributed by atoms with van der Waals surface area (Å²) in [5.41, 5.74) is 3.43. The van der Waals surface area contributed by atoms with Crippen LogP contribution < -0.4 is 0 Å². The van der Waals surface area contributed by atoms with Crippen molar-refractivity contribution in [3.63, 3.8) is 0 Å². The fraction of sp³-hybridized carbons (Fsp3) is 0.118. The van der Waals surface area contributed by atoms with Crippen LogP contribution in [0.3, 0.4) is 0 Å². The number of rotatable bonds is 3. The van der Waals surface area contributed by atoms with Gasteiger partial charge < -0.3 is 0 Å². The van der Waals surface area contributed by atoms with E-state index in [-0.39, 0.29) is 0 Å². The summed E-state index contributed by atoms with van der Waals surface area (Å²) in [6.07, 6.45) is 3.04. The van der Waals surface area contributed by atoms with E-state index in [9.17, 15) is 0 Å². The molecule has 2 aromatic heterocycles. The largest absolute Gasteiger partial charge is 0.255 e. The molecule has 1 nitrogen and oxygen atoms in total. The van der Waals surface area contributed by atoms with Gasteiger partial charge in [-0.15, -0.1) is 11.3 Å². The van der Waals surface area contributed by atoms with Gasteiger partial charge in [0.1, 0.15) is 0 Å². The number of thiophene rings is 1.